The zero-order chi connectivity index (χ0) is 20.8. The monoisotopic (exact) mass is 425 g/mol. The second kappa shape index (κ2) is 9.96. The molecule has 8 heteroatoms. The summed E-state index contributed by atoms with van der Waals surface area (Å²) in [5, 5.41) is 6.34. The van der Waals surface area contributed by atoms with Gasteiger partial charge in [0.05, 0.1) is 22.9 Å². The molecule has 2 N–H and O–H groups in total. The highest BCUT2D eigenvalue weighted by atomic mass is 35.5. The van der Waals surface area contributed by atoms with Gasteiger partial charge in [0, 0.05) is 11.6 Å². The highest BCUT2D eigenvalue weighted by Gasteiger charge is 2.27. The summed E-state index contributed by atoms with van der Waals surface area (Å²) >= 11 is 12.0. The zero-order valence-corrected chi connectivity index (χ0v) is 17.8. The summed E-state index contributed by atoms with van der Waals surface area (Å²) in [7, 11) is 3.81. The summed E-state index contributed by atoms with van der Waals surface area (Å²) in [4.78, 5) is 27.3. The second-order valence-corrected chi connectivity index (χ2v) is 7.90. The number of carbonyl (C=O) groups excluding carboxylic acids is 2. The lowest BCUT2D eigenvalue weighted by atomic mass is 10.0. The van der Waals surface area contributed by atoms with Crippen LogP contribution in [-0.2, 0) is 4.79 Å². The summed E-state index contributed by atoms with van der Waals surface area (Å²) in [6.07, 6.45) is 1.60. The molecule has 0 saturated heterocycles. The highest BCUT2D eigenvalue weighted by Crippen LogP contribution is 2.21. The van der Waals surface area contributed by atoms with Crippen molar-refractivity contribution in [1.82, 2.24) is 15.5 Å². The minimum absolute atomic E-state index is 0.114. The van der Waals surface area contributed by atoms with Crippen molar-refractivity contribution in [2.45, 2.75) is 25.9 Å². The maximum Gasteiger partial charge on any atom is 0.253 e. The highest BCUT2D eigenvalue weighted by molar-refractivity contribution is 6.36. The van der Waals surface area contributed by atoms with Gasteiger partial charge >= 0.3 is 0 Å². The predicted octanol–water partition coefficient (Wildman–Crippen LogP) is 3.76. The molecule has 28 heavy (non-hydrogen) atoms. The maximum absolute atomic E-state index is 12.8. The van der Waals surface area contributed by atoms with Crippen LogP contribution in [0.1, 0.15) is 36.0 Å². The first-order valence-electron chi connectivity index (χ1n) is 8.94. The van der Waals surface area contributed by atoms with E-state index in [0.29, 0.717) is 11.6 Å². The Morgan fingerprint density at radius 3 is 2.43 bits per heavy atom. The third-order valence-electron chi connectivity index (χ3n) is 4.38. The van der Waals surface area contributed by atoms with E-state index in [2.05, 4.69) is 10.6 Å². The molecule has 2 rings (SSSR count). The number of likely N-dealkylation sites (N-methyl/N-ethyl adjacent to an activating group) is 1. The van der Waals surface area contributed by atoms with Crippen LogP contribution in [0.25, 0.3) is 0 Å². The summed E-state index contributed by atoms with van der Waals surface area (Å²) in [6.45, 7) is 4.08. The molecule has 2 aromatic rings. The van der Waals surface area contributed by atoms with Crippen molar-refractivity contribution in [3.05, 3.63) is 58.0 Å². The zero-order valence-electron chi connectivity index (χ0n) is 16.3. The molecule has 0 spiro atoms. The quantitative estimate of drug-likeness (QED) is 0.674. The Bertz CT molecular complexity index is 807. The lowest BCUT2D eigenvalue weighted by Crippen LogP contribution is -2.51. The number of benzene rings is 1. The Balaban J connectivity index is 2.06. The average Bonchev–Trinajstić information content (AvgIpc) is 3.13. The number of furan rings is 1. The summed E-state index contributed by atoms with van der Waals surface area (Å²) in [6, 6.07) is 7.45. The Kier molecular flexibility index (Phi) is 7.92. The lowest BCUT2D eigenvalue weighted by Gasteiger charge is -2.26. The van der Waals surface area contributed by atoms with Crippen molar-refractivity contribution in [2.24, 2.45) is 5.92 Å². The minimum atomic E-state index is -0.710. The third kappa shape index (κ3) is 5.74. The first kappa shape index (κ1) is 22.3. The topological polar surface area (TPSA) is 74.6 Å². The van der Waals surface area contributed by atoms with Gasteiger partial charge in [-0.3, -0.25) is 14.5 Å². The molecule has 152 valence electrons. The van der Waals surface area contributed by atoms with Crippen LogP contribution in [0.2, 0.25) is 10.0 Å². The molecule has 0 saturated carbocycles. The lowest BCUT2D eigenvalue weighted by molar-refractivity contribution is -0.124. The average molecular weight is 426 g/mol. The fraction of sp³-hybridized carbons (Fsp3) is 0.400. The van der Waals surface area contributed by atoms with E-state index in [1.165, 1.54) is 12.1 Å². The Hall–Kier alpha value is -2.02. The van der Waals surface area contributed by atoms with Crippen molar-refractivity contribution in [2.75, 3.05) is 20.6 Å². The van der Waals surface area contributed by atoms with E-state index in [1.54, 1.807) is 18.4 Å². The summed E-state index contributed by atoms with van der Waals surface area (Å²) in [5.74, 6) is -0.0580. The van der Waals surface area contributed by atoms with E-state index in [9.17, 15) is 9.59 Å². The number of nitrogens with one attached hydrogen (secondary N) is 2. The largest absolute Gasteiger partial charge is 0.468 e. The molecule has 2 amide bonds. The summed E-state index contributed by atoms with van der Waals surface area (Å²) < 4.78 is 5.45. The van der Waals surface area contributed by atoms with Gasteiger partial charge in [0.25, 0.3) is 5.91 Å². The molecule has 1 heterocycles. The molecule has 1 aromatic heterocycles. The Morgan fingerprint density at radius 2 is 1.89 bits per heavy atom. The fourth-order valence-electron chi connectivity index (χ4n) is 2.75. The van der Waals surface area contributed by atoms with Crippen LogP contribution in [0.15, 0.2) is 41.0 Å². The van der Waals surface area contributed by atoms with E-state index in [1.807, 2.05) is 38.9 Å². The molecule has 6 nitrogen and oxygen atoms in total. The number of hydrogen-bond donors (Lipinski definition) is 2. The standard InChI is InChI=1S/C20H25Cl2N3O3/c1-12(2)18(24-19(26)14-8-7-13(21)10-15(14)22)20(27)23-11-16(25(3)4)17-6-5-9-28-17/h5-10,12,16,18H,11H2,1-4H3,(H,23,27)(H,24,26)/t16-,18-/m1/s1. The third-order valence-corrected chi connectivity index (χ3v) is 4.92. The minimum Gasteiger partial charge on any atom is -0.468 e. The van der Waals surface area contributed by atoms with Crippen molar-refractivity contribution in [3.63, 3.8) is 0 Å². The number of halogens is 2. The van der Waals surface area contributed by atoms with Crippen molar-refractivity contribution in [3.8, 4) is 0 Å². The molecule has 0 aliphatic heterocycles. The number of rotatable bonds is 8. The smallest absolute Gasteiger partial charge is 0.253 e. The first-order chi connectivity index (χ1) is 13.2. The number of amides is 2. The molecule has 0 aliphatic carbocycles. The fourth-order valence-corrected chi connectivity index (χ4v) is 3.25. The second-order valence-electron chi connectivity index (χ2n) is 7.06. The van der Waals surface area contributed by atoms with Crippen LogP contribution in [0, 0.1) is 5.92 Å². The van der Waals surface area contributed by atoms with Crippen LogP contribution in [0.5, 0.6) is 0 Å². The molecule has 2 atom stereocenters. The van der Waals surface area contributed by atoms with Gasteiger partial charge in [0.2, 0.25) is 5.91 Å². The van der Waals surface area contributed by atoms with Crippen LogP contribution >= 0.6 is 23.2 Å². The molecule has 0 aliphatic rings. The first-order valence-corrected chi connectivity index (χ1v) is 9.69. The van der Waals surface area contributed by atoms with E-state index in [-0.39, 0.29) is 28.5 Å². The van der Waals surface area contributed by atoms with Gasteiger partial charge < -0.3 is 15.1 Å². The predicted molar refractivity (Wildman–Crippen MR) is 111 cm³/mol. The van der Waals surface area contributed by atoms with Crippen LogP contribution in [0.4, 0.5) is 0 Å². The molecule has 0 unspecified atom stereocenters. The van der Waals surface area contributed by atoms with Crippen molar-refractivity contribution >= 4 is 35.0 Å². The van der Waals surface area contributed by atoms with Gasteiger partial charge in [-0.1, -0.05) is 37.0 Å². The molecule has 1 aromatic carbocycles. The molecular formula is C20H25Cl2N3O3. The van der Waals surface area contributed by atoms with Gasteiger partial charge in [0.15, 0.2) is 0 Å². The van der Waals surface area contributed by atoms with Crippen molar-refractivity contribution in [1.29, 1.82) is 0 Å². The molecule has 0 bridgehead atoms. The van der Waals surface area contributed by atoms with Crippen LogP contribution in [-0.4, -0.2) is 43.4 Å². The number of carbonyl (C=O) groups is 2. The normalized spacial score (nSPS) is 13.4. The number of hydrogen-bond acceptors (Lipinski definition) is 4. The molecule has 0 radical (unpaired) electrons. The van der Waals surface area contributed by atoms with E-state index in [4.69, 9.17) is 27.6 Å². The summed E-state index contributed by atoms with van der Waals surface area (Å²) in [5.41, 5.74) is 0.270. The van der Waals surface area contributed by atoms with Crippen LogP contribution < -0.4 is 10.6 Å². The maximum atomic E-state index is 12.8. The van der Waals surface area contributed by atoms with Crippen molar-refractivity contribution < 1.29 is 14.0 Å². The Morgan fingerprint density at radius 1 is 1.18 bits per heavy atom. The molecular weight excluding hydrogens is 401 g/mol. The van der Waals surface area contributed by atoms with E-state index < -0.39 is 11.9 Å². The van der Waals surface area contributed by atoms with Crippen LogP contribution in [0.3, 0.4) is 0 Å². The van der Waals surface area contributed by atoms with Gasteiger partial charge in [0.1, 0.15) is 11.8 Å². The number of nitrogens with zero attached hydrogens (tertiary/aromatic N) is 1. The Labute approximate surface area is 175 Å². The molecule has 0 fully saturated rings. The van der Waals surface area contributed by atoms with Gasteiger partial charge in [-0.15, -0.1) is 0 Å². The van der Waals surface area contributed by atoms with E-state index in [0.717, 1.165) is 5.76 Å². The van der Waals surface area contributed by atoms with Gasteiger partial charge in [-0.2, -0.15) is 0 Å². The SMILES string of the molecule is CC(C)[C@@H](NC(=O)c1ccc(Cl)cc1Cl)C(=O)NC[C@H](c1ccco1)N(C)C. The van der Waals surface area contributed by atoms with Gasteiger partial charge in [-0.25, -0.2) is 0 Å². The van der Waals surface area contributed by atoms with E-state index >= 15 is 0 Å². The van der Waals surface area contributed by atoms with Gasteiger partial charge in [-0.05, 0) is 50.3 Å².